The predicted octanol–water partition coefficient (Wildman–Crippen LogP) is 0.804. The molecule has 15 heavy (non-hydrogen) atoms. The largest absolute Gasteiger partial charge is 0.392 e. The number of aliphatic hydroxyl groups excluding tert-OH is 1. The van der Waals surface area contributed by atoms with Crippen molar-refractivity contribution in [2.75, 3.05) is 17.6 Å². The van der Waals surface area contributed by atoms with Gasteiger partial charge in [-0.15, -0.1) is 0 Å². The van der Waals surface area contributed by atoms with Crippen molar-refractivity contribution in [3.8, 4) is 0 Å². The minimum atomic E-state index is -0.407. The Bertz CT molecular complexity index is 314. The first-order chi connectivity index (χ1) is 7.15. The summed E-state index contributed by atoms with van der Waals surface area (Å²) >= 11 is 0. The highest BCUT2D eigenvalue weighted by atomic mass is 16.3. The molecule has 1 unspecified atom stereocenters. The predicted molar refractivity (Wildman–Crippen MR) is 60.6 cm³/mol. The van der Waals surface area contributed by atoms with Crippen molar-refractivity contribution in [3.63, 3.8) is 0 Å². The number of aromatic nitrogens is 2. The summed E-state index contributed by atoms with van der Waals surface area (Å²) in [7, 11) is 0. The molecule has 5 nitrogen and oxygen atoms in total. The Morgan fingerprint density at radius 1 is 1.53 bits per heavy atom. The summed E-state index contributed by atoms with van der Waals surface area (Å²) < 4.78 is 0. The lowest BCUT2D eigenvalue weighted by molar-refractivity contribution is 0.208. The van der Waals surface area contributed by atoms with Gasteiger partial charge in [0, 0.05) is 12.1 Å². The van der Waals surface area contributed by atoms with Gasteiger partial charge in [0.15, 0.2) is 0 Å². The van der Waals surface area contributed by atoms with Gasteiger partial charge in [-0.25, -0.2) is 9.97 Å². The van der Waals surface area contributed by atoms with E-state index in [4.69, 9.17) is 10.8 Å². The van der Waals surface area contributed by atoms with Gasteiger partial charge in [-0.1, -0.05) is 13.3 Å². The van der Waals surface area contributed by atoms with Crippen LogP contribution in [0.25, 0.3) is 0 Å². The van der Waals surface area contributed by atoms with Crippen molar-refractivity contribution in [2.24, 2.45) is 0 Å². The molecule has 0 bridgehead atoms. The second-order valence-corrected chi connectivity index (χ2v) is 3.57. The molecular formula is C10H18N4O. The number of nitrogens with zero attached hydrogens (tertiary/aromatic N) is 2. The van der Waals surface area contributed by atoms with Gasteiger partial charge in [0.1, 0.15) is 18.0 Å². The molecule has 0 aromatic carbocycles. The Morgan fingerprint density at radius 3 is 2.87 bits per heavy atom. The Labute approximate surface area is 89.7 Å². The molecule has 0 saturated heterocycles. The number of aliphatic hydroxyl groups is 1. The Balaban J connectivity index is 2.80. The highest BCUT2D eigenvalue weighted by Gasteiger charge is 2.08. The third kappa shape index (κ3) is 3.36. The Morgan fingerprint density at radius 2 is 2.27 bits per heavy atom. The Hall–Kier alpha value is -1.36. The summed E-state index contributed by atoms with van der Waals surface area (Å²) in [4.78, 5) is 8.07. The van der Waals surface area contributed by atoms with E-state index < -0.39 is 6.10 Å². The third-order valence-electron chi connectivity index (χ3n) is 2.04. The van der Waals surface area contributed by atoms with Gasteiger partial charge in [0.05, 0.1) is 6.10 Å². The minimum Gasteiger partial charge on any atom is -0.392 e. The number of hydrogen-bond acceptors (Lipinski definition) is 5. The van der Waals surface area contributed by atoms with E-state index in [1.165, 1.54) is 6.33 Å². The molecule has 0 radical (unpaired) electrons. The van der Waals surface area contributed by atoms with Gasteiger partial charge in [-0.05, 0) is 13.3 Å². The molecule has 1 heterocycles. The first-order valence-corrected chi connectivity index (χ1v) is 5.16. The first kappa shape index (κ1) is 11.7. The normalized spacial score (nSPS) is 12.5. The summed E-state index contributed by atoms with van der Waals surface area (Å²) in [6, 6.07) is 0. The zero-order valence-electron chi connectivity index (χ0n) is 9.20. The molecule has 1 atom stereocenters. The summed E-state index contributed by atoms with van der Waals surface area (Å²) in [5.41, 5.74) is 6.69. The van der Waals surface area contributed by atoms with Crippen molar-refractivity contribution in [1.29, 1.82) is 0 Å². The lowest BCUT2D eigenvalue weighted by Crippen LogP contribution is -2.18. The van der Waals surface area contributed by atoms with E-state index in [2.05, 4.69) is 22.2 Å². The van der Waals surface area contributed by atoms with E-state index in [0.717, 1.165) is 24.2 Å². The van der Waals surface area contributed by atoms with Gasteiger partial charge in [0.25, 0.3) is 0 Å². The second kappa shape index (κ2) is 5.50. The van der Waals surface area contributed by atoms with Crippen LogP contribution in [-0.4, -0.2) is 27.7 Å². The average molecular weight is 210 g/mol. The molecule has 0 aliphatic carbocycles. The van der Waals surface area contributed by atoms with Gasteiger partial charge in [0.2, 0.25) is 0 Å². The molecule has 5 heteroatoms. The number of nitrogens with one attached hydrogen (secondary N) is 1. The molecule has 0 aliphatic rings. The molecule has 1 rings (SSSR count). The summed E-state index contributed by atoms with van der Waals surface area (Å²) in [6.07, 6.45) is 2.85. The topological polar surface area (TPSA) is 84.1 Å². The fourth-order valence-electron chi connectivity index (χ4n) is 1.32. The first-order valence-electron chi connectivity index (χ1n) is 5.16. The van der Waals surface area contributed by atoms with Crippen LogP contribution in [0.3, 0.4) is 0 Å². The maximum absolute atomic E-state index is 9.17. The Kier molecular flexibility index (Phi) is 4.30. The van der Waals surface area contributed by atoms with Gasteiger partial charge >= 0.3 is 0 Å². The minimum absolute atomic E-state index is 0.407. The summed E-state index contributed by atoms with van der Waals surface area (Å²) in [5, 5.41) is 12.2. The van der Waals surface area contributed by atoms with Crippen LogP contribution in [0.5, 0.6) is 0 Å². The van der Waals surface area contributed by atoms with Crippen LogP contribution in [0.1, 0.15) is 25.8 Å². The highest BCUT2D eigenvalue weighted by Crippen LogP contribution is 2.18. The number of nitrogen functional groups attached to an aromatic ring is 1. The second-order valence-electron chi connectivity index (χ2n) is 3.57. The number of nitrogens with two attached hydrogens (primary N) is 1. The molecule has 84 valence electrons. The molecule has 1 aromatic rings. The van der Waals surface area contributed by atoms with Crippen LogP contribution in [0.4, 0.5) is 11.6 Å². The fourth-order valence-corrected chi connectivity index (χ4v) is 1.32. The quantitative estimate of drug-likeness (QED) is 0.669. The molecular weight excluding hydrogens is 192 g/mol. The molecule has 0 amide bonds. The monoisotopic (exact) mass is 210 g/mol. The number of anilines is 2. The van der Waals surface area contributed by atoms with Crippen molar-refractivity contribution < 1.29 is 5.11 Å². The molecule has 1 aromatic heterocycles. The maximum atomic E-state index is 9.17. The summed E-state index contributed by atoms with van der Waals surface area (Å²) in [5.74, 6) is 1.24. The van der Waals surface area contributed by atoms with E-state index >= 15 is 0 Å². The molecule has 0 saturated carbocycles. The smallest absolute Gasteiger partial charge is 0.134 e. The van der Waals surface area contributed by atoms with Gasteiger partial charge < -0.3 is 16.2 Å². The summed E-state index contributed by atoms with van der Waals surface area (Å²) in [6.45, 7) is 4.26. The lowest BCUT2D eigenvalue weighted by atomic mass is 10.1. The lowest BCUT2D eigenvalue weighted by Gasteiger charge is -2.12. The van der Waals surface area contributed by atoms with Crippen LogP contribution in [0.15, 0.2) is 6.33 Å². The molecule has 0 spiro atoms. The van der Waals surface area contributed by atoms with Crippen molar-refractivity contribution >= 4 is 11.6 Å². The molecule has 4 N–H and O–H groups in total. The zero-order chi connectivity index (χ0) is 11.3. The van der Waals surface area contributed by atoms with Crippen molar-refractivity contribution in [1.82, 2.24) is 9.97 Å². The number of hydrogen-bond donors (Lipinski definition) is 3. The number of rotatable bonds is 5. The van der Waals surface area contributed by atoms with Crippen molar-refractivity contribution in [3.05, 3.63) is 11.9 Å². The van der Waals surface area contributed by atoms with Crippen molar-refractivity contribution in [2.45, 2.75) is 32.8 Å². The van der Waals surface area contributed by atoms with Crippen LogP contribution >= 0.6 is 0 Å². The maximum Gasteiger partial charge on any atom is 0.134 e. The zero-order valence-corrected chi connectivity index (χ0v) is 9.20. The van der Waals surface area contributed by atoms with E-state index in [1.54, 1.807) is 6.92 Å². The standard InChI is InChI=1S/C10H18N4O/c1-3-4-8-9(11)13-6-14-10(8)12-5-7(2)15/h6-7,15H,3-5H2,1-2H3,(H3,11,12,13,14). The van der Waals surface area contributed by atoms with E-state index in [0.29, 0.717) is 12.4 Å². The van der Waals surface area contributed by atoms with Crippen LogP contribution in [0.2, 0.25) is 0 Å². The third-order valence-corrected chi connectivity index (χ3v) is 2.04. The fraction of sp³-hybridized carbons (Fsp3) is 0.600. The van der Waals surface area contributed by atoms with E-state index in [1.807, 2.05) is 0 Å². The highest BCUT2D eigenvalue weighted by molar-refractivity contribution is 5.54. The SMILES string of the molecule is CCCc1c(N)ncnc1NCC(C)O. The molecule has 0 fully saturated rings. The van der Waals surface area contributed by atoms with Crippen LogP contribution in [-0.2, 0) is 6.42 Å². The van der Waals surface area contributed by atoms with Crippen LogP contribution < -0.4 is 11.1 Å². The van der Waals surface area contributed by atoms with Gasteiger partial charge in [-0.2, -0.15) is 0 Å². The van der Waals surface area contributed by atoms with E-state index in [-0.39, 0.29) is 0 Å². The molecule has 0 aliphatic heterocycles. The van der Waals surface area contributed by atoms with Gasteiger partial charge in [-0.3, -0.25) is 0 Å². The van der Waals surface area contributed by atoms with E-state index in [9.17, 15) is 0 Å². The van der Waals surface area contributed by atoms with Crippen LogP contribution in [0, 0.1) is 0 Å². The average Bonchev–Trinajstić information content (AvgIpc) is 2.19.